The molecule has 2 heteroatoms. The first-order valence-corrected chi connectivity index (χ1v) is 13.2. The Morgan fingerprint density at radius 2 is 1.63 bits per heavy atom. The van der Waals surface area contributed by atoms with Gasteiger partial charge in [-0.2, -0.15) is 0 Å². The van der Waals surface area contributed by atoms with Gasteiger partial charge in [-0.05, 0) is 86.5 Å². The number of rotatable bonds is 14. The van der Waals surface area contributed by atoms with Crippen molar-refractivity contribution in [3.05, 3.63) is 54.4 Å². The van der Waals surface area contributed by atoms with Gasteiger partial charge in [0.2, 0.25) is 0 Å². The predicted molar refractivity (Wildman–Crippen MR) is 133 cm³/mol. The Morgan fingerprint density at radius 3 is 2.27 bits per heavy atom. The monoisotopic (exact) mass is 430 g/mol. The maximum atomic E-state index is 13.2. The van der Waals surface area contributed by atoms with Crippen LogP contribution in [0.5, 0.6) is 0 Å². The first-order chi connectivity index (χ1) is 14.5. The highest BCUT2D eigenvalue weighted by Crippen LogP contribution is 2.48. The standard InChI is InChI=1S/C28H43FS/c1-6-8-10-12-21(3)23(5)24-18-25(20-30-27-16-14-26(29)15-17-27)28(19-24)22(4)13-11-9-7-2/h14-17,23-25,28H,3-4,6-13,18-20H2,1-2,5H3. The van der Waals surface area contributed by atoms with Crippen molar-refractivity contribution in [3.8, 4) is 0 Å². The third kappa shape index (κ3) is 7.91. The summed E-state index contributed by atoms with van der Waals surface area (Å²) in [5.74, 6) is 3.59. The normalized spacial score (nSPS) is 22.2. The van der Waals surface area contributed by atoms with Crippen molar-refractivity contribution in [1.29, 1.82) is 0 Å². The van der Waals surface area contributed by atoms with Crippen LogP contribution < -0.4 is 0 Å². The largest absolute Gasteiger partial charge is 0.207 e. The molecular formula is C28H43FS. The maximum Gasteiger partial charge on any atom is 0.123 e. The second kappa shape index (κ2) is 13.4. The summed E-state index contributed by atoms with van der Waals surface area (Å²) in [7, 11) is 0. The molecule has 168 valence electrons. The van der Waals surface area contributed by atoms with Crippen molar-refractivity contribution in [2.24, 2.45) is 23.7 Å². The van der Waals surface area contributed by atoms with Crippen molar-refractivity contribution in [2.45, 2.75) is 89.9 Å². The summed E-state index contributed by atoms with van der Waals surface area (Å²) in [5, 5.41) is 0. The van der Waals surface area contributed by atoms with E-state index in [1.54, 1.807) is 12.1 Å². The summed E-state index contributed by atoms with van der Waals surface area (Å²) < 4.78 is 13.2. The predicted octanol–water partition coefficient (Wildman–Crippen LogP) is 9.47. The minimum atomic E-state index is -0.155. The second-order valence-electron chi connectivity index (χ2n) is 9.38. The van der Waals surface area contributed by atoms with E-state index >= 15 is 0 Å². The lowest BCUT2D eigenvalue weighted by molar-refractivity contribution is 0.391. The molecule has 1 aromatic carbocycles. The Hall–Kier alpha value is -1.02. The van der Waals surface area contributed by atoms with Crippen molar-refractivity contribution >= 4 is 11.8 Å². The van der Waals surface area contributed by atoms with E-state index in [0.717, 1.165) is 11.7 Å². The zero-order chi connectivity index (χ0) is 21.9. The molecule has 0 aliphatic heterocycles. The molecule has 0 bridgehead atoms. The van der Waals surface area contributed by atoms with Crippen LogP contribution in [-0.2, 0) is 0 Å². The second-order valence-corrected chi connectivity index (χ2v) is 10.5. The number of unbranched alkanes of at least 4 members (excludes halogenated alkanes) is 4. The van der Waals surface area contributed by atoms with E-state index in [2.05, 4.69) is 33.9 Å². The van der Waals surface area contributed by atoms with E-state index in [4.69, 9.17) is 0 Å². The third-order valence-corrected chi connectivity index (χ3v) is 8.29. The minimum absolute atomic E-state index is 0.155. The van der Waals surface area contributed by atoms with Crippen LogP contribution in [0.4, 0.5) is 4.39 Å². The number of thioether (sulfide) groups is 1. The molecule has 0 heterocycles. The molecule has 4 atom stereocenters. The molecule has 1 aliphatic rings. The van der Waals surface area contributed by atoms with Gasteiger partial charge in [-0.3, -0.25) is 0 Å². The van der Waals surface area contributed by atoms with Gasteiger partial charge in [0.25, 0.3) is 0 Å². The lowest BCUT2D eigenvalue weighted by Gasteiger charge is -2.22. The highest BCUT2D eigenvalue weighted by Gasteiger charge is 2.38. The van der Waals surface area contributed by atoms with Crippen LogP contribution in [0.3, 0.4) is 0 Å². The number of benzene rings is 1. The van der Waals surface area contributed by atoms with Crippen molar-refractivity contribution < 1.29 is 4.39 Å². The van der Waals surface area contributed by atoms with Crippen LogP contribution in [0, 0.1) is 29.5 Å². The summed E-state index contributed by atoms with van der Waals surface area (Å²) in [5.41, 5.74) is 2.93. The zero-order valence-corrected chi connectivity index (χ0v) is 20.4. The molecule has 30 heavy (non-hydrogen) atoms. The van der Waals surface area contributed by atoms with Gasteiger partial charge in [-0.15, -0.1) is 11.8 Å². The van der Waals surface area contributed by atoms with E-state index in [-0.39, 0.29) is 5.82 Å². The van der Waals surface area contributed by atoms with Crippen LogP contribution in [0.15, 0.2) is 53.5 Å². The quantitative estimate of drug-likeness (QED) is 0.161. The number of halogens is 1. The average molecular weight is 431 g/mol. The van der Waals surface area contributed by atoms with Gasteiger partial charge in [-0.25, -0.2) is 4.39 Å². The zero-order valence-electron chi connectivity index (χ0n) is 19.6. The fraction of sp³-hybridized carbons (Fsp3) is 0.643. The molecule has 0 nitrogen and oxygen atoms in total. The van der Waals surface area contributed by atoms with Crippen LogP contribution in [0.2, 0.25) is 0 Å². The highest BCUT2D eigenvalue weighted by molar-refractivity contribution is 7.99. The summed E-state index contributed by atoms with van der Waals surface area (Å²) in [6.07, 6.45) is 12.6. The van der Waals surface area contributed by atoms with Crippen molar-refractivity contribution in [2.75, 3.05) is 5.75 Å². The van der Waals surface area contributed by atoms with Crippen LogP contribution in [-0.4, -0.2) is 5.75 Å². The Kier molecular flexibility index (Phi) is 11.3. The summed E-state index contributed by atoms with van der Waals surface area (Å²) in [6, 6.07) is 6.97. The van der Waals surface area contributed by atoms with E-state index in [1.807, 2.05) is 23.9 Å². The van der Waals surface area contributed by atoms with E-state index < -0.39 is 0 Å². The van der Waals surface area contributed by atoms with Gasteiger partial charge in [-0.1, -0.05) is 70.8 Å². The number of hydrogen-bond acceptors (Lipinski definition) is 1. The minimum Gasteiger partial charge on any atom is -0.207 e. The van der Waals surface area contributed by atoms with Gasteiger partial charge >= 0.3 is 0 Å². The van der Waals surface area contributed by atoms with Crippen LogP contribution >= 0.6 is 11.8 Å². The summed E-state index contributed by atoms with van der Waals surface area (Å²) in [6.45, 7) is 15.9. The Morgan fingerprint density at radius 1 is 1.00 bits per heavy atom. The molecule has 0 N–H and O–H groups in total. The molecule has 1 aromatic rings. The lowest BCUT2D eigenvalue weighted by atomic mass is 9.83. The van der Waals surface area contributed by atoms with Crippen molar-refractivity contribution in [1.82, 2.24) is 0 Å². The summed E-state index contributed by atoms with van der Waals surface area (Å²) in [4.78, 5) is 1.17. The van der Waals surface area contributed by atoms with Gasteiger partial charge in [0.05, 0.1) is 0 Å². The van der Waals surface area contributed by atoms with E-state index in [0.29, 0.717) is 17.8 Å². The first-order valence-electron chi connectivity index (χ1n) is 12.2. The Balaban J connectivity index is 1.99. The lowest BCUT2D eigenvalue weighted by Crippen LogP contribution is -2.12. The smallest absolute Gasteiger partial charge is 0.123 e. The molecule has 0 saturated heterocycles. The summed E-state index contributed by atoms with van der Waals surface area (Å²) >= 11 is 1.88. The molecular weight excluding hydrogens is 387 g/mol. The average Bonchev–Trinajstić information content (AvgIpc) is 3.17. The Bertz CT molecular complexity index is 647. The third-order valence-electron chi connectivity index (χ3n) is 7.09. The molecule has 0 aromatic heterocycles. The SMILES string of the molecule is C=C(CCCCC)C(C)C1CC(CSc2ccc(F)cc2)C(C(=C)CCCCC)C1. The molecule has 0 radical (unpaired) electrons. The molecule has 1 aliphatic carbocycles. The molecule has 0 amide bonds. The topological polar surface area (TPSA) is 0 Å². The van der Waals surface area contributed by atoms with E-state index in [9.17, 15) is 4.39 Å². The molecule has 1 saturated carbocycles. The fourth-order valence-corrected chi connectivity index (χ4v) is 6.05. The molecule has 1 fully saturated rings. The molecule has 2 rings (SSSR count). The maximum absolute atomic E-state index is 13.2. The first kappa shape index (κ1) is 25.2. The van der Waals surface area contributed by atoms with Crippen LogP contribution in [0.25, 0.3) is 0 Å². The molecule has 4 unspecified atom stereocenters. The van der Waals surface area contributed by atoms with Gasteiger partial charge < -0.3 is 0 Å². The highest BCUT2D eigenvalue weighted by atomic mass is 32.2. The van der Waals surface area contributed by atoms with Crippen LogP contribution in [0.1, 0.15) is 85.0 Å². The fourth-order valence-electron chi connectivity index (χ4n) is 4.95. The number of hydrogen-bond donors (Lipinski definition) is 0. The van der Waals surface area contributed by atoms with Gasteiger partial charge in [0.15, 0.2) is 0 Å². The molecule has 0 spiro atoms. The Labute approximate surface area is 189 Å². The number of allylic oxidation sites excluding steroid dienone is 2. The van der Waals surface area contributed by atoms with Gasteiger partial charge in [0.1, 0.15) is 5.82 Å². The van der Waals surface area contributed by atoms with Crippen molar-refractivity contribution in [3.63, 3.8) is 0 Å². The van der Waals surface area contributed by atoms with Gasteiger partial charge in [0, 0.05) is 10.6 Å². The van der Waals surface area contributed by atoms with E-state index in [1.165, 1.54) is 80.2 Å².